The lowest BCUT2D eigenvalue weighted by Crippen LogP contribution is -1.93. The number of nitrogen functional groups attached to an aromatic ring is 1. The van der Waals surface area contributed by atoms with Gasteiger partial charge < -0.3 is 10.5 Å². The number of aldehydes is 1. The molecule has 0 aliphatic heterocycles. The number of carbonyl (C=O) groups excluding carboxylic acids is 1. The Morgan fingerprint density at radius 3 is 2.80 bits per heavy atom. The zero-order valence-electron chi connectivity index (χ0n) is 7.92. The van der Waals surface area contributed by atoms with E-state index in [0.29, 0.717) is 17.5 Å². The third-order valence-electron chi connectivity index (χ3n) is 1.78. The average molecular weight is 206 g/mol. The van der Waals surface area contributed by atoms with E-state index < -0.39 is 4.92 Å². The molecule has 0 aromatic heterocycles. The maximum absolute atomic E-state index is 10.6. The number of anilines is 1. The highest BCUT2D eigenvalue weighted by molar-refractivity contribution is 5.67. The highest BCUT2D eigenvalue weighted by Gasteiger charge is 2.10. The Morgan fingerprint density at radius 1 is 1.47 bits per heavy atom. The largest absolute Gasteiger partial charge is 0.399 e. The Bertz CT molecular complexity index is 413. The Morgan fingerprint density at radius 2 is 2.20 bits per heavy atom. The van der Waals surface area contributed by atoms with Crippen LogP contribution < -0.4 is 5.73 Å². The molecule has 0 bridgehead atoms. The molecule has 2 N–H and O–H groups in total. The Kier molecular flexibility index (Phi) is 3.56. The predicted molar refractivity (Wildman–Crippen MR) is 57.2 cm³/mol. The van der Waals surface area contributed by atoms with Gasteiger partial charge in [-0.25, -0.2) is 0 Å². The summed E-state index contributed by atoms with van der Waals surface area (Å²) in [5.74, 6) is 0. The summed E-state index contributed by atoms with van der Waals surface area (Å²) in [6.07, 6.45) is 4.01. The summed E-state index contributed by atoms with van der Waals surface area (Å²) in [5, 5.41) is 10.6. The SMILES string of the molecule is Nc1ccc([N+](=O)[O-])c(C=CCC=O)c1. The number of nitrogens with two attached hydrogens (primary N) is 1. The van der Waals surface area contributed by atoms with Gasteiger partial charge in [-0.3, -0.25) is 10.1 Å². The van der Waals surface area contributed by atoms with Crippen LogP contribution in [0.5, 0.6) is 0 Å². The molecule has 0 atom stereocenters. The Labute approximate surface area is 86.4 Å². The molecule has 0 spiro atoms. The zero-order valence-corrected chi connectivity index (χ0v) is 7.92. The minimum Gasteiger partial charge on any atom is -0.399 e. The van der Waals surface area contributed by atoms with Crippen molar-refractivity contribution in [1.82, 2.24) is 0 Å². The Hall–Kier alpha value is -2.17. The van der Waals surface area contributed by atoms with Crippen molar-refractivity contribution in [2.24, 2.45) is 0 Å². The van der Waals surface area contributed by atoms with E-state index in [-0.39, 0.29) is 12.1 Å². The lowest BCUT2D eigenvalue weighted by Gasteiger charge is -1.98. The minimum absolute atomic E-state index is 0.0219. The van der Waals surface area contributed by atoms with E-state index in [0.717, 1.165) is 0 Å². The number of hydrogen-bond donors (Lipinski definition) is 1. The normalized spacial score (nSPS) is 10.4. The second kappa shape index (κ2) is 4.90. The number of nitro groups is 1. The molecule has 0 aliphatic rings. The van der Waals surface area contributed by atoms with Crippen LogP contribution in [0.1, 0.15) is 12.0 Å². The van der Waals surface area contributed by atoms with Gasteiger partial charge in [-0.15, -0.1) is 0 Å². The van der Waals surface area contributed by atoms with E-state index in [1.165, 1.54) is 24.3 Å². The second-order valence-corrected chi connectivity index (χ2v) is 2.88. The van der Waals surface area contributed by atoms with E-state index >= 15 is 0 Å². The summed E-state index contributed by atoms with van der Waals surface area (Å²) in [4.78, 5) is 20.2. The summed E-state index contributed by atoms with van der Waals surface area (Å²) in [7, 11) is 0. The van der Waals surface area contributed by atoms with Gasteiger partial charge in [0.2, 0.25) is 0 Å². The minimum atomic E-state index is -0.486. The van der Waals surface area contributed by atoms with Crippen molar-refractivity contribution < 1.29 is 9.72 Å². The summed E-state index contributed by atoms with van der Waals surface area (Å²) in [6.45, 7) is 0. The molecule has 0 radical (unpaired) electrons. The van der Waals surface area contributed by atoms with Crippen molar-refractivity contribution in [2.45, 2.75) is 6.42 Å². The molecule has 15 heavy (non-hydrogen) atoms. The average Bonchev–Trinajstić information content (AvgIpc) is 2.18. The molecular weight excluding hydrogens is 196 g/mol. The highest BCUT2D eigenvalue weighted by Crippen LogP contribution is 2.22. The molecule has 0 saturated heterocycles. The molecule has 1 aromatic rings. The fourth-order valence-electron chi connectivity index (χ4n) is 1.12. The van der Waals surface area contributed by atoms with Gasteiger partial charge in [-0.1, -0.05) is 12.2 Å². The summed E-state index contributed by atoms with van der Waals surface area (Å²) in [6, 6.07) is 4.31. The monoisotopic (exact) mass is 206 g/mol. The van der Waals surface area contributed by atoms with Gasteiger partial charge in [0, 0.05) is 18.2 Å². The molecule has 1 aromatic carbocycles. The van der Waals surface area contributed by atoms with Crippen molar-refractivity contribution in [3.63, 3.8) is 0 Å². The van der Waals surface area contributed by atoms with Crippen LogP contribution in [-0.4, -0.2) is 11.2 Å². The number of nitrogens with zero attached hydrogens (tertiary/aromatic N) is 1. The van der Waals surface area contributed by atoms with E-state index in [9.17, 15) is 14.9 Å². The van der Waals surface area contributed by atoms with Crippen LogP contribution in [0.3, 0.4) is 0 Å². The molecule has 0 aliphatic carbocycles. The van der Waals surface area contributed by atoms with Crippen molar-refractivity contribution in [2.75, 3.05) is 5.73 Å². The topological polar surface area (TPSA) is 86.2 Å². The van der Waals surface area contributed by atoms with Crippen LogP contribution in [0.4, 0.5) is 11.4 Å². The second-order valence-electron chi connectivity index (χ2n) is 2.88. The van der Waals surface area contributed by atoms with Crippen molar-refractivity contribution in [1.29, 1.82) is 0 Å². The summed E-state index contributed by atoms with van der Waals surface area (Å²) < 4.78 is 0. The molecule has 0 heterocycles. The maximum Gasteiger partial charge on any atom is 0.276 e. The lowest BCUT2D eigenvalue weighted by molar-refractivity contribution is -0.385. The van der Waals surface area contributed by atoms with Crippen LogP contribution in [-0.2, 0) is 4.79 Å². The fraction of sp³-hybridized carbons (Fsp3) is 0.100. The van der Waals surface area contributed by atoms with E-state index in [4.69, 9.17) is 5.73 Å². The first kappa shape index (κ1) is 10.9. The van der Waals surface area contributed by atoms with E-state index in [1.54, 1.807) is 6.08 Å². The van der Waals surface area contributed by atoms with Crippen LogP contribution >= 0.6 is 0 Å². The number of rotatable bonds is 4. The molecule has 1 rings (SSSR count). The van der Waals surface area contributed by atoms with E-state index in [2.05, 4.69) is 0 Å². The summed E-state index contributed by atoms with van der Waals surface area (Å²) in [5.41, 5.74) is 6.34. The van der Waals surface area contributed by atoms with Gasteiger partial charge in [0.25, 0.3) is 5.69 Å². The van der Waals surface area contributed by atoms with Gasteiger partial charge in [-0.05, 0) is 12.1 Å². The molecule has 78 valence electrons. The molecule has 5 heteroatoms. The quantitative estimate of drug-likeness (QED) is 0.352. The number of carbonyl (C=O) groups is 1. The maximum atomic E-state index is 10.6. The third-order valence-corrected chi connectivity index (χ3v) is 1.78. The molecular formula is C10H10N2O3. The van der Waals surface area contributed by atoms with Crippen molar-refractivity contribution in [3.05, 3.63) is 40.0 Å². The van der Waals surface area contributed by atoms with Gasteiger partial charge in [-0.2, -0.15) is 0 Å². The van der Waals surface area contributed by atoms with Gasteiger partial charge >= 0.3 is 0 Å². The van der Waals surface area contributed by atoms with Crippen LogP contribution in [0, 0.1) is 10.1 Å². The van der Waals surface area contributed by atoms with Gasteiger partial charge in [0.05, 0.1) is 10.5 Å². The first-order chi connectivity index (χ1) is 7.15. The molecule has 0 saturated carbocycles. The highest BCUT2D eigenvalue weighted by atomic mass is 16.6. The first-order valence-corrected chi connectivity index (χ1v) is 4.29. The standard InChI is InChI=1S/C10H10N2O3/c11-9-4-5-10(12(14)15)8(7-9)3-1-2-6-13/h1,3-7H,2,11H2. The first-order valence-electron chi connectivity index (χ1n) is 4.29. The number of nitro benzene ring substituents is 1. The molecule has 5 nitrogen and oxygen atoms in total. The molecule has 0 unspecified atom stereocenters. The van der Waals surface area contributed by atoms with E-state index in [1.807, 2.05) is 0 Å². The molecule has 0 fully saturated rings. The van der Waals surface area contributed by atoms with Gasteiger partial charge in [0.15, 0.2) is 0 Å². The van der Waals surface area contributed by atoms with Crippen LogP contribution in [0.2, 0.25) is 0 Å². The van der Waals surface area contributed by atoms with Crippen LogP contribution in [0.15, 0.2) is 24.3 Å². The predicted octanol–water partition coefficient (Wildman–Crippen LogP) is 1.78. The number of allylic oxidation sites excluding steroid dienone is 1. The smallest absolute Gasteiger partial charge is 0.276 e. The lowest BCUT2D eigenvalue weighted by atomic mass is 10.1. The summed E-state index contributed by atoms with van der Waals surface area (Å²) >= 11 is 0. The number of benzene rings is 1. The third kappa shape index (κ3) is 2.91. The van der Waals surface area contributed by atoms with Crippen molar-refractivity contribution >= 4 is 23.7 Å². The fourth-order valence-corrected chi connectivity index (χ4v) is 1.12. The molecule has 0 amide bonds. The zero-order chi connectivity index (χ0) is 11.3. The Balaban J connectivity index is 3.07. The number of hydrogen-bond acceptors (Lipinski definition) is 4. The van der Waals surface area contributed by atoms with Gasteiger partial charge in [0.1, 0.15) is 6.29 Å². The van der Waals surface area contributed by atoms with Crippen LogP contribution in [0.25, 0.3) is 6.08 Å². The van der Waals surface area contributed by atoms with Crippen molar-refractivity contribution in [3.8, 4) is 0 Å².